The summed E-state index contributed by atoms with van der Waals surface area (Å²) in [7, 11) is 0. The Morgan fingerprint density at radius 1 is 1.47 bits per heavy atom. The molecule has 3 rings (SSSR count). The van der Waals surface area contributed by atoms with E-state index < -0.39 is 0 Å². The number of anilines is 1. The van der Waals surface area contributed by atoms with Crippen molar-refractivity contribution in [2.24, 2.45) is 0 Å². The van der Waals surface area contributed by atoms with Gasteiger partial charge in [0.2, 0.25) is 5.91 Å². The van der Waals surface area contributed by atoms with Gasteiger partial charge in [-0.05, 0) is 31.0 Å². The molecule has 1 saturated heterocycles. The number of hydrogen-bond donors (Lipinski definition) is 2. The van der Waals surface area contributed by atoms with E-state index in [9.17, 15) is 9.90 Å². The van der Waals surface area contributed by atoms with E-state index in [4.69, 9.17) is 0 Å². The van der Waals surface area contributed by atoms with Crippen molar-refractivity contribution >= 4 is 11.6 Å². The van der Waals surface area contributed by atoms with Crippen molar-refractivity contribution in [2.75, 3.05) is 18.0 Å². The highest BCUT2D eigenvalue weighted by atomic mass is 16.3. The van der Waals surface area contributed by atoms with Crippen molar-refractivity contribution in [3.63, 3.8) is 0 Å². The molecule has 1 fully saturated rings. The van der Waals surface area contributed by atoms with Gasteiger partial charge in [-0.3, -0.25) is 4.79 Å². The van der Waals surface area contributed by atoms with Gasteiger partial charge in [0.1, 0.15) is 5.75 Å². The van der Waals surface area contributed by atoms with Gasteiger partial charge >= 0.3 is 0 Å². The van der Waals surface area contributed by atoms with Crippen LogP contribution in [0.1, 0.15) is 18.4 Å². The molecule has 0 radical (unpaired) electrons. The van der Waals surface area contributed by atoms with Gasteiger partial charge in [-0.15, -0.1) is 0 Å². The number of rotatable bonds is 2. The van der Waals surface area contributed by atoms with E-state index in [1.54, 1.807) is 17.0 Å². The first kappa shape index (κ1) is 10.6. The summed E-state index contributed by atoms with van der Waals surface area (Å²) in [6.45, 7) is 1.76. The molecule has 2 aliphatic rings. The predicted octanol–water partition coefficient (Wildman–Crippen LogP) is 1.03. The third-order valence-electron chi connectivity index (χ3n) is 3.57. The molecule has 90 valence electrons. The molecule has 1 aromatic carbocycles. The molecular weight excluding hydrogens is 216 g/mol. The van der Waals surface area contributed by atoms with Crippen LogP contribution in [0.15, 0.2) is 18.2 Å². The molecule has 17 heavy (non-hydrogen) atoms. The highest BCUT2D eigenvalue weighted by Gasteiger charge is 2.30. The molecule has 2 heterocycles. The van der Waals surface area contributed by atoms with Crippen molar-refractivity contribution < 1.29 is 9.90 Å². The second-order valence-corrected chi connectivity index (χ2v) is 4.79. The molecule has 1 atom stereocenters. The van der Waals surface area contributed by atoms with Crippen LogP contribution in [0.2, 0.25) is 0 Å². The van der Waals surface area contributed by atoms with Crippen LogP contribution >= 0.6 is 0 Å². The van der Waals surface area contributed by atoms with Gasteiger partial charge in [0.05, 0.1) is 12.1 Å². The predicted molar refractivity (Wildman–Crippen MR) is 65.2 cm³/mol. The van der Waals surface area contributed by atoms with Gasteiger partial charge in [-0.25, -0.2) is 0 Å². The first-order valence-electron chi connectivity index (χ1n) is 6.10. The number of carbonyl (C=O) groups is 1. The van der Waals surface area contributed by atoms with Crippen LogP contribution in [0.4, 0.5) is 5.69 Å². The molecule has 4 nitrogen and oxygen atoms in total. The van der Waals surface area contributed by atoms with E-state index in [-0.39, 0.29) is 11.7 Å². The molecule has 2 aliphatic heterocycles. The number of phenols is 1. The van der Waals surface area contributed by atoms with E-state index >= 15 is 0 Å². The van der Waals surface area contributed by atoms with E-state index in [0.717, 1.165) is 30.8 Å². The van der Waals surface area contributed by atoms with Gasteiger partial charge in [-0.1, -0.05) is 6.07 Å². The van der Waals surface area contributed by atoms with Crippen LogP contribution in [-0.2, 0) is 11.2 Å². The van der Waals surface area contributed by atoms with Crippen molar-refractivity contribution in [3.05, 3.63) is 23.8 Å². The number of carbonyl (C=O) groups excluding carboxylic acids is 1. The van der Waals surface area contributed by atoms with Crippen LogP contribution in [0.5, 0.6) is 5.75 Å². The molecule has 1 amide bonds. The van der Waals surface area contributed by atoms with E-state index in [1.165, 1.54) is 6.42 Å². The molecule has 4 heteroatoms. The summed E-state index contributed by atoms with van der Waals surface area (Å²) in [5.41, 5.74) is 1.90. The summed E-state index contributed by atoms with van der Waals surface area (Å²) in [4.78, 5) is 13.8. The van der Waals surface area contributed by atoms with Crippen LogP contribution in [0, 0.1) is 0 Å². The summed E-state index contributed by atoms with van der Waals surface area (Å²) < 4.78 is 0. The smallest absolute Gasteiger partial charge is 0.231 e. The SMILES string of the molecule is O=C1Cc2ccc(O)cc2N1CC1CCCN1. The molecule has 1 unspecified atom stereocenters. The van der Waals surface area contributed by atoms with Crippen molar-refractivity contribution in [1.82, 2.24) is 5.32 Å². The quantitative estimate of drug-likeness (QED) is 0.801. The zero-order chi connectivity index (χ0) is 11.8. The second kappa shape index (κ2) is 4.04. The Bertz CT molecular complexity index is 453. The number of nitrogens with zero attached hydrogens (tertiary/aromatic N) is 1. The average Bonchev–Trinajstić information content (AvgIpc) is 2.90. The van der Waals surface area contributed by atoms with E-state index in [1.807, 2.05) is 6.07 Å². The van der Waals surface area contributed by atoms with Crippen molar-refractivity contribution in [3.8, 4) is 5.75 Å². The Hall–Kier alpha value is -1.55. The molecule has 1 aromatic rings. The summed E-state index contributed by atoms with van der Waals surface area (Å²) >= 11 is 0. The topological polar surface area (TPSA) is 52.6 Å². The first-order chi connectivity index (χ1) is 8.24. The summed E-state index contributed by atoms with van der Waals surface area (Å²) in [5, 5.41) is 12.9. The maximum atomic E-state index is 11.9. The van der Waals surface area contributed by atoms with E-state index in [2.05, 4.69) is 5.32 Å². The third kappa shape index (κ3) is 1.89. The van der Waals surface area contributed by atoms with Gasteiger partial charge in [0.15, 0.2) is 0 Å². The van der Waals surface area contributed by atoms with Crippen LogP contribution in [0.3, 0.4) is 0 Å². The largest absolute Gasteiger partial charge is 0.508 e. The minimum absolute atomic E-state index is 0.138. The fraction of sp³-hybridized carbons (Fsp3) is 0.462. The molecule has 0 aliphatic carbocycles. The summed E-state index contributed by atoms with van der Waals surface area (Å²) in [6.07, 6.45) is 2.76. The lowest BCUT2D eigenvalue weighted by molar-refractivity contribution is -0.117. The fourth-order valence-corrected chi connectivity index (χ4v) is 2.68. The van der Waals surface area contributed by atoms with Crippen LogP contribution < -0.4 is 10.2 Å². The Morgan fingerprint density at radius 3 is 3.12 bits per heavy atom. The lowest BCUT2D eigenvalue weighted by atomic mass is 10.1. The summed E-state index contributed by atoms with van der Waals surface area (Å²) in [5.74, 6) is 0.363. The molecular formula is C13H16N2O2. The Labute approximate surface area is 100 Å². The number of phenolic OH excluding ortho intramolecular Hbond substituents is 1. The Kier molecular flexibility index (Phi) is 2.52. The van der Waals surface area contributed by atoms with Crippen molar-refractivity contribution in [2.45, 2.75) is 25.3 Å². The third-order valence-corrected chi connectivity index (χ3v) is 3.57. The zero-order valence-electron chi connectivity index (χ0n) is 9.65. The maximum absolute atomic E-state index is 11.9. The molecule has 0 bridgehead atoms. The standard InChI is InChI=1S/C13H16N2O2/c16-11-4-3-9-6-13(17)15(12(9)7-11)8-10-2-1-5-14-10/h3-4,7,10,14,16H,1-2,5-6,8H2. The fourth-order valence-electron chi connectivity index (χ4n) is 2.68. The van der Waals surface area contributed by atoms with Gasteiger partial charge in [0, 0.05) is 18.7 Å². The molecule has 0 spiro atoms. The number of fused-ring (bicyclic) bond motifs is 1. The van der Waals surface area contributed by atoms with Gasteiger partial charge in [0.25, 0.3) is 0 Å². The van der Waals surface area contributed by atoms with Crippen molar-refractivity contribution in [1.29, 1.82) is 0 Å². The molecule has 0 aromatic heterocycles. The minimum atomic E-state index is 0.138. The molecule has 0 saturated carbocycles. The number of nitrogens with one attached hydrogen (secondary N) is 1. The highest BCUT2D eigenvalue weighted by molar-refractivity contribution is 6.01. The number of amides is 1. The monoisotopic (exact) mass is 232 g/mol. The summed E-state index contributed by atoms with van der Waals surface area (Å²) in [6, 6.07) is 5.57. The van der Waals surface area contributed by atoms with Crippen LogP contribution in [-0.4, -0.2) is 30.1 Å². The lowest BCUT2D eigenvalue weighted by Crippen LogP contribution is -2.39. The zero-order valence-corrected chi connectivity index (χ0v) is 9.65. The average molecular weight is 232 g/mol. The van der Waals surface area contributed by atoms with Gasteiger partial charge in [-0.2, -0.15) is 0 Å². The number of hydrogen-bond acceptors (Lipinski definition) is 3. The maximum Gasteiger partial charge on any atom is 0.231 e. The number of benzene rings is 1. The number of aromatic hydroxyl groups is 1. The Morgan fingerprint density at radius 2 is 2.35 bits per heavy atom. The lowest BCUT2D eigenvalue weighted by Gasteiger charge is -2.21. The van der Waals surface area contributed by atoms with Gasteiger partial charge < -0.3 is 15.3 Å². The van der Waals surface area contributed by atoms with E-state index in [0.29, 0.717) is 12.5 Å². The minimum Gasteiger partial charge on any atom is -0.508 e. The normalized spacial score (nSPS) is 23.2. The Balaban J connectivity index is 1.85. The second-order valence-electron chi connectivity index (χ2n) is 4.79. The first-order valence-corrected chi connectivity index (χ1v) is 6.10. The highest BCUT2D eigenvalue weighted by Crippen LogP contribution is 2.32. The van der Waals surface area contributed by atoms with Crippen LogP contribution in [0.25, 0.3) is 0 Å². The molecule has 2 N–H and O–H groups in total.